The summed E-state index contributed by atoms with van der Waals surface area (Å²) in [4.78, 5) is 24.8. The highest BCUT2D eigenvalue weighted by Gasteiger charge is 2.34. The van der Waals surface area contributed by atoms with Crippen LogP contribution < -0.4 is 10.6 Å². The molecule has 1 saturated heterocycles. The van der Waals surface area contributed by atoms with Gasteiger partial charge in [-0.3, -0.25) is 4.79 Å². The first-order valence-electron chi connectivity index (χ1n) is 9.36. The quantitative estimate of drug-likeness (QED) is 0.786. The Balaban J connectivity index is 1.66. The van der Waals surface area contributed by atoms with Crippen LogP contribution in [0.25, 0.3) is 0 Å². The minimum Gasteiger partial charge on any atom is -0.456 e. The van der Waals surface area contributed by atoms with Crippen molar-refractivity contribution in [3.8, 4) is 0 Å². The number of hydrogen-bond acceptors (Lipinski definition) is 4. The zero-order valence-corrected chi connectivity index (χ0v) is 16.3. The van der Waals surface area contributed by atoms with Crippen molar-refractivity contribution in [1.82, 2.24) is 5.32 Å². The molecule has 2 aromatic carbocycles. The lowest BCUT2D eigenvalue weighted by Gasteiger charge is -2.20. The molecule has 3 rings (SSSR count). The van der Waals surface area contributed by atoms with Crippen molar-refractivity contribution in [2.24, 2.45) is 0 Å². The molecule has 148 valence electrons. The molecule has 1 amide bonds. The molecule has 0 radical (unpaired) electrons. The van der Waals surface area contributed by atoms with E-state index >= 15 is 0 Å². The lowest BCUT2D eigenvalue weighted by atomic mass is 9.91. The van der Waals surface area contributed by atoms with Gasteiger partial charge in [0, 0.05) is 11.6 Å². The van der Waals surface area contributed by atoms with Gasteiger partial charge in [0.25, 0.3) is 0 Å². The Morgan fingerprint density at radius 1 is 1.14 bits per heavy atom. The summed E-state index contributed by atoms with van der Waals surface area (Å²) in [7, 11) is 0. The second-order valence-corrected chi connectivity index (χ2v) is 7.95. The van der Waals surface area contributed by atoms with Crippen LogP contribution >= 0.6 is 0 Å². The first kappa shape index (κ1) is 20.0. The molecule has 2 N–H and O–H groups in total. The molecule has 28 heavy (non-hydrogen) atoms. The Morgan fingerprint density at radius 3 is 2.50 bits per heavy atom. The Kier molecular flexibility index (Phi) is 5.79. The van der Waals surface area contributed by atoms with Crippen LogP contribution in [-0.4, -0.2) is 30.1 Å². The third-order valence-corrected chi connectivity index (χ3v) is 4.57. The summed E-state index contributed by atoms with van der Waals surface area (Å²) >= 11 is 0. The number of carbonyl (C=O) groups is 2. The Bertz CT molecular complexity index is 859. The van der Waals surface area contributed by atoms with Crippen LogP contribution in [0.15, 0.2) is 48.5 Å². The highest BCUT2D eigenvalue weighted by molar-refractivity contribution is 5.96. The van der Waals surface area contributed by atoms with E-state index in [4.69, 9.17) is 4.74 Å². The van der Waals surface area contributed by atoms with Gasteiger partial charge in [0.05, 0.1) is 11.6 Å². The number of nitrogens with one attached hydrogen (secondary N) is 2. The number of amides is 1. The topological polar surface area (TPSA) is 67.4 Å². The molecule has 1 aliphatic heterocycles. The zero-order valence-electron chi connectivity index (χ0n) is 16.3. The maximum Gasteiger partial charge on any atom is 0.338 e. The average Bonchev–Trinajstić information content (AvgIpc) is 3.11. The van der Waals surface area contributed by atoms with Gasteiger partial charge in [-0.05, 0) is 75.7 Å². The van der Waals surface area contributed by atoms with Crippen molar-refractivity contribution in [1.29, 1.82) is 0 Å². The van der Waals surface area contributed by atoms with Crippen molar-refractivity contribution < 1.29 is 18.7 Å². The molecule has 1 fully saturated rings. The first-order valence-corrected chi connectivity index (χ1v) is 9.36. The largest absolute Gasteiger partial charge is 0.456 e. The average molecular weight is 384 g/mol. The second-order valence-electron chi connectivity index (χ2n) is 7.95. The Morgan fingerprint density at radius 2 is 1.86 bits per heavy atom. The fourth-order valence-electron chi connectivity index (χ4n) is 3.32. The van der Waals surface area contributed by atoms with Crippen molar-refractivity contribution >= 4 is 17.6 Å². The van der Waals surface area contributed by atoms with Crippen LogP contribution in [0.3, 0.4) is 0 Å². The number of rotatable bonds is 4. The maximum absolute atomic E-state index is 13.5. The minimum atomic E-state index is -0.565. The van der Waals surface area contributed by atoms with E-state index in [1.807, 2.05) is 26.8 Å². The Labute approximate surface area is 164 Å². The normalized spacial score (nSPS) is 19.3. The number of esters is 1. The van der Waals surface area contributed by atoms with E-state index in [-0.39, 0.29) is 17.6 Å². The van der Waals surface area contributed by atoms with Crippen LogP contribution in [0.1, 0.15) is 49.0 Å². The molecular weight excluding hydrogens is 359 g/mol. The summed E-state index contributed by atoms with van der Waals surface area (Å²) in [5, 5.41) is 6.06. The number of carbonyl (C=O) groups excluding carboxylic acids is 2. The lowest BCUT2D eigenvalue weighted by Crippen LogP contribution is -2.39. The number of halogens is 1. The van der Waals surface area contributed by atoms with Crippen molar-refractivity contribution in [2.75, 3.05) is 11.9 Å². The minimum absolute atomic E-state index is 0.0864. The molecule has 2 atom stereocenters. The molecule has 1 aliphatic rings. The number of ether oxygens (including phenoxy) is 1. The third-order valence-electron chi connectivity index (χ3n) is 4.57. The molecule has 0 aliphatic carbocycles. The van der Waals surface area contributed by atoms with E-state index in [1.165, 1.54) is 12.1 Å². The van der Waals surface area contributed by atoms with Gasteiger partial charge < -0.3 is 15.4 Å². The van der Waals surface area contributed by atoms with Crippen LogP contribution in [0.5, 0.6) is 0 Å². The lowest BCUT2D eigenvalue weighted by molar-refractivity contribution is -0.118. The summed E-state index contributed by atoms with van der Waals surface area (Å²) < 4.78 is 18.9. The summed E-state index contributed by atoms with van der Waals surface area (Å²) in [5.41, 5.74) is 1.25. The predicted octanol–water partition coefficient (Wildman–Crippen LogP) is 3.87. The van der Waals surface area contributed by atoms with Gasteiger partial charge in [0.1, 0.15) is 11.4 Å². The second kappa shape index (κ2) is 8.10. The molecule has 0 unspecified atom stereocenters. The summed E-state index contributed by atoms with van der Waals surface area (Å²) in [6.45, 7) is 6.12. The summed E-state index contributed by atoms with van der Waals surface area (Å²) in [6, 6.07) is 12.5. The van der Waals surface area contributed by atoms with E-state index in [9.17, 15) is 14.0 Å². The van der Waals surface area contributed by atoms with Crippen molar-refractivity contribution in [3.05, 3.63) is 65.5 Å². The van der Waals surface area contributed by atoms with E-state index in [1.54, 1.807) is 30.3 Å². The van der Waals surface area contributed by atoms with Gasteiger partial charge in [0.15, 0.2) is 0 Å². The zero-order chi connectivity index (χ0) is 20.3. The van der Waals surface area contributed by atoms with Gasteiger partial charge in [0.2, 0.25) is 5.91 Å². The smallest absolute Gasteiger partial charge is 0.338 e. The summed E-state index contributed by atoms with van der Waals surface area (Å²) in [5.74, 6) is -0.983. The number of anilines is 1. The van der Waals surface area contributed by atoms with Gasteiger partial charge in [-0.1, -0.05) is 12.1 Å². The van der Waals surface area contributed by atoms with E-state index in [2.05, 4.69) is 10.6 Å². The fraction of sp³-hybridized carbons (Fsp3) is 0.364. The highest BCUT2D eigenvalue weighted by Crippen LogP contribution is 2.29. The third kappa shape index (κ3) is 4.95. The van der Waals surface area contributed by atoms with Gasteiger partial charge in [-0.25, -0.2) is 9.18 Å². The molecule has 0 saturated carbocycles. The number of benzene rings is 2. The van der Waals surface area contributed by atoms with E-state index in [0.717, 1.165) is 12.0 Å². The van der Waals surface area contributed by atoms with Crippen LogP contribution in [-0.2, 0) is 9.53 Å². The van der Waals surface area contributed by atoms with Gasteiger partial charge in [-0.2, -0.15) is 0 Å². The van der Waals surface area contributed by atoms with Crippen LogP contribution in [0.4, 0.5) is 10.1 Å². The van der Waals surface area contributed by atoms with E-state index < -0.39 is 17.6 Å². The molecule has 0 aromatic heterocycles. The van der Waals surface area contributed by atoms with Gasteiger partial charge in [-0.15, -0.1) is 0 Å². The number of hydrogen-bond donors (Lipinski definition) is 2. The standard InChI is InChI=1S/C22H25FN2O3/c1-22(2,3)28-21(27)14-7-9-17(10-8-14)25-20(26)19-18(11-12-24-19)15-5-4-6-16(23)13-15/h4-10,13,18-19,24H,11-12H2,1-3H3,(H,25,26)/t18-,19-/m0/s1. The molecule has 6 heteroatoms. The first-order chi connectivity index (χ1) is 13.2. The molecular formula is C22H25FN2O3. The van der Waals surface area contributed by atoms with E-state index in [0.29, 0.717) is 17.8 Å². The predicted molar refractivity (Wildman–Crippen MR) is 106 cm³/mol. The monoisotopic (exact) mass is 384 g/mol. The molecule has 1 heterocycles. The SMILES string of the molecule is CC(C)(C)OC(=O)c1ccc(NC(=O)[C@H]2NCC[C@H]2c2cccc(F)c2)cc1. The molecule has 0 bridgehead atoms. The highest BCUT2D eigenvalue weighted by atomic mass is 19.1. The fourth-order valence-corrected chi connectivity index (χ4v) is 3.32. The van der Waals surface area contributed by atoms with Crippen LogP contribution in [0, 0.1) is 5.82 Å². The molecule has 2 aromatic rings. The molecule has 5 nitrogen and oxygen atoms in total. The maximum atomic E-state index is 13.5. The molecule has 0 spiro atoms. The van der Waals surface area contributed by atoms with Gasteiger partial charge >= 0.3 is 5.97 Å². The van der Waals surface area contributed by atoms with Crippen molar-refractivity contribution in [2.45, 2.75) is 44.8 Å². The Hall–Kier alpha value is -2.73. The van der Waals surface area contributed by atoms with Crippen LogP contribution in [0.2, 0.25) is 0 Å². The van der Waals surface area contributed by atoms with Crippen molar-refractivity contribution in [3.63, 3.8) is 0 Å². The summed E-state index contributed by atoms with van der Waals surface area (Å²) in [6.07, 6.45) is 0.763.